The number of thiazole rings is 1. The van der Waals surface area contributed by atoms with Gasteiger partial charge < -0.3 is 26.4 Å². The van der Waals surface area contributed by atoms with E-state index in [0.29, 0.717) is 21.4 Å². The summed E-state index contributed by atoms with van der Waals surface area (Å²) in [7, 11) is 3.54. The highest BCUT2D eigenvalue weighted by Gasteiger charge is 2.27. The first kappa shape index (κ1) is 21.2. The molecule has 1 fully saturated rings. The van der Waals surface area contributed by atoms with Crippen molar-refractivity contribution in [3.05, 3.63) is 36.3 Å². The Labute approximate surface area is 184 Å². The lowest BCUT2D eigenvalue weighted by atomic mass is 10.1. The maximum atomic E-state index is 13.0. The average molecular weight is 443 g/mol. The highest BCUT2D eigenvalue weighted by atomic mass is 32.1. The molecule has 1 amide bonds. The molecule has 0 aromatic carbocycles. The number of anilines is 3. The number of carbonyl (C=O) groups is 1. The smallest absolute Gasteiger partial charge is 0.277 e. The Morgan fingerprint density at radius 1 is 1.32 bits per heavy atom. The normalized spacial score (nSPS) is 19.3. The van der Waals surface area contributed by atoms with Gasteiger partial charge in [0.15, 0.2) is 11.5 Å². The Morgan fingerprint density at radius 2 is 2.13 bits per heavy atom. The number of nitrogens with one attached hydrogen (secondary N) is 1. The van der Waals surface area contributed by atoms with Crippen LogP contribution in [0.1, 0.15) is 23.3 Å². The molecule has 1 aliphatic rings. The molecule has 2 unspecified atom stereocenters. The van der Waals surface area contributed by atoms with Crippen LogP contribution in [-0.2, 0) is 11.8 Å². The van der Waals surface area contributed by atoms with Gasteiger partial charge in [-0.1, -0.05) is 17.4 Å². The molecule has 0 spiro atoms. The molecular formula is C20H26N8O2S. The van der Waals surface area contributed by atoms with Gasteiger partial charge in [-0.05, 0) is 25.0 Å². The fraction of sp³-hybridized carbons (Fsp3) is 0.400. The highest BCUT2D eigenvalue weighted by molar-refractivity contribution is 7.19. The Kier molecular flexibility index (Phi) is 6.16. The molecule has 2 atom stereocenters. The summed E-state index contributed by atoms with van der Waals surface area (Å²) in [6.45, 7) is 1.49. The number of nitrogens with two attached hydrogens (primary N) is 2. The minimum Gasteiger partial charge on any atom is -0.389 e. The van der Waals surface area contributed by atoms with Crippen molar-refractivity contribution in [2.24, 2.45) is 12.8 Å². The van der Waals surface area contributed by atoms with E-state index in [1.165, 1.54) is 11.3 Å². The maximum absolute atomic E-state index is 13.0. The summed E-state index contributed by atoms with van der Waals surface area (Å²) < 4.78 is 7.26. The Bertz CT molecular complexity index is 1050. The predicted molar refractivity (Wildman–Crippen MR) is 121 cm³/mol. The summed E-state index contributed by atoms with van der Waals surface area (Å²) in [6.07, 6.45) is 4.90. The van der Waals surface area contributed by atoms with Crippen LogP contribution in [0, 0.1) is 0 Å². The maximum Gasteiger partial charge on any atom is 0.277 e. The number of methoxy groups -OCH3 is 1. The van der Waals surface area contributed by atoms with E-state index in [9.17, 15) is 4.79 Å². The minimum atomic E-state index is -0.383. The third-order valence-electron chi connectivity index (χ3n) is 5.40. The fourth-order valence-electron chi connectivity index (χ4n) is 3.77. The second-order valence-corrected chi connectivity index (χ2v) is 8.44. The molecular weight excluding hydrogens is 416 g/mol. The Morgan fingerprint density at radius 3 is 2.87 bits per heavy atom. The van der Waals surface area contributed by atoms with E-state index in [2.05, 4.69) is 25.3 Å². The number of nitrogens with zero attached hydrogens (tertiary/aromatic N) is 5. The molecule has 164 valence electrons. The number of nitrogen functional groups attached to an aromatic ring is 1. The third kappa shape index (κ3) is 4.38. The number of pyridine rings is 1. The number of hydrogen-bond acceptors (Lipinski definition) is 9. The molecule has 3 aromatic heterocycles. The van der Waals surface area contributed by atoms with Crippen molar-refractivity contribution >= 4 is 33.8 Å². The molecule has 3 aromatic rings. The molecule has 0 bridgehead atoms. The molecule has 10 nitrogen and oxygen atoms in total. The molecule has 1 saturated heterocycles. The molecule has 0 aliphatic carbocycles. The average Bonchev–Trinajstić information content (AvgIpc) is 3.28. The Balaban J connectivity index is 1.55. The van der Waals surface area contributed by atoms with Crippen LogP contribution in [0.2, 0.25) is 0 Å². The van der Waals surface area contributed by atoms with E-state index in [1.54, 1.807) is 24.2 Å². The van der Waals surface area contributed by atoms with Gasteiger partial charge in [0.1, 0.15) is 15.7 Å². The van der Waals surface area contributed by atoms with Crippen LogP contribution in [-0.4, -0.2) is 58.0 Å². The summed E-state index contributed by atoms with van der Waals surface area (Å²) in [5.74, 6) is 0.433. The van der Waals surface area contributed by atoms with E-state index in [4.69, 9.17) is 16.2 Å². The van der Waals surface area contributed by atoms with Crippen molar-refractivity contribution in [1.82, 2.24) is 19.7 Å². The number of aryl methyl sites for hydroxylation is 1. The molecule has 4 rings (SSSR count). The fourth-order valence-corrected chi connectivity index (χ4v) is 4.58. The SMILES string of the molecule is COC1CCN(c2c(NC(=O)c3nc(-c4ccccn4)sc3N)cnn2C)CCC1N. The van der Waals surface area contributed by atoms with Crippen LogP contribution in [0.4, 0.5) is 16.5 Å². The van der Waals surface area contributed by atoms with Crippen molar-refractivity contribution in [3.8, 4) is 10.7 Å². The van der Waals surface area contributed by atoms with Gasteiger partial charge >= 0.3 is 0 Å². The van der Waals surface area contributed by atoms with Crippen LogP contribution >= 0.6 is 11.3 Å². The first-order valence-electron chi connectivity index (χ1n) is 10.0. The van der Waals surface area contributed by atoms with Crippen LogP contribution in [0.5, 0.6) is 0 Å². The van der Waals surface area contributed by atoms with Gasteiger partial charge in [-0.3, -0.25) is 14.5 Å². The van der Waals surface area contributed by atoms with Gasteiger partial charge in [-0.25, -0.2) is 4.98 Å². The van der Waals surface area contributed by atoms with E-state index in [1.807, 2.05) is 25.2 Å². The van der Waals surface area contributed by atoms with Gasteiger partial charge in [0.25, 0.3) is 5.91 Å². The summed E-state index contributed by atoms with van der Waals surface area (Å²) in [6, 6.07) is 5.49. The highest BCUT2D eigenvalue weighted by Crippen LogP contribution is 2.31. The van der Waals surface area contributed by atoms with Crippen molar-refractivity contribution in [2.45, 2.75) is 25.0 Å². The van der Waals surface area contributed by atoms with Gasteiger partial charge in [-0.2, -0.15) is 5.10 Å². The molecule has 4 heterocycles. The number of aromatic nitrogens is 4. The zero-order chi connectivity index (χ0) is 22.0. The van der Waals surface area contributed by atoms with E-state index >= 15 is 0 Å². The second kappa shape index (κ2) is 9.00. The standard InChI is InChI=1S/C20H26N8O2S/c1-27-20(28-9-6-12(21)15(30-2)7-10-28)14(11-24-27)25-18(29)16-17(22)31-19(26-16)13-5-3-4-8-23-13/h3-5,8,11-12,15H,6-7,9-10,21-22H2,1-2H3,(H,25,29). The van der Waals surface area contributed by atoms with Crippen LogP contribution in [0.3, 0.4) is 0 Å². The minimum absolute atomic E-state index is 0.0103. The molecule has 31 heavy (non-hydrogen) atoms. The lowest BCUT2D eigenvalue weighted by molar-refractivity contribution is 0.0781. The van der Waals surface area contributed by atoms with Crippen LogP contribution in [0.15, 0.2) is 30.6 Å². The molecule has 5 N–H and O–H groups in total. The summed E-state index contributed by atoms with van der Waals surface area (Å²) in [5.41, 5.74) is 13.8. The number of carbonyl (C=O) groups excluding carboxylic acids is 1. The lowest BCUT2D eigenvalue weighted by Gasteiger charge is -2.24. The number of rotatable bonds is 5. The number of amides is 1. The Hall–Kier alpha value is -3.02. The number of ether oxygens (including phenoxy) is 1. The van der Waals surface area contributed by atoms with E-state index in [-0.39, 0.29) is 23.7 Å². The summed E-state index contributed by atoms with van der Waals surface area (Å²) in [4.78, 5) is 23.8. The van der Waals surface area contributed by atoms with Gasteiger partial charge in [0.05, 0.1) is 18.0 Å². The lowest BCUT2D eigenvalue weighted by Crippen LogP contribution is -2.35. The predicted octanol–water partition coefficient (Wildman–Crippen LogP) is 1.72. The van der Waals surface area contributed by atoms with Gasteiger partial charge in [-0.15, -0.1) is 0 Å². The summed E-state index contributed by atoms with van der Waals surface area (Å²) in [5, 5.41) is 8.20. The van der Waals surface area contributed by atoms with Crippen molar-refractivity contribution in [3.63, 3.8) is 0 Å². The monoisotopic (exact) mass is 442 g/mol. The molecule has 1 aliphatic heterocycles. The molecule has 0 saturated carbocycles. The van der Waals surface area contributed by atoms with Crippen molar-refractivity contribution < 1.29 is 9.53 Å². The van der Waals surface area contributed by atoms with Crippen LogP contribution < -0.4 is 21.7 Å². The number of hydrogen-bond donors (Lipinski definition) is 3. The van der Waals surface area contributed by atoms with Gasteiger partial charge in [0, 0.05) is 39.5 Å². The summed E-state index contributed by atoms with van der Waals surface area (Å²) >= 11 is 1.23. The second-order valence-electron chi connectivity index (χ2n) is 7.41. The topological polar surface area (TPSA) is 137 Å². The van der Waals surface area contributed by atoms with E-state index in [0.717, 1.165) is 31.7 Å². The molecule has 11 heteroatoms. The molecule has 0 radical (unpaired) electrons. The van der Waals surface area contributed by atoms with Crippen LogP contribution in [0.25, 0.3) is 10.7 Å². The van der Waals surface area contributed by atoms with E-state index < -0.39 is 0 Å². The van der Waals surface area contributed by atoms with Crippen molar-refractivity contribution in [1.29, 1.82) is 0 Å². The first-order valence-corrected chi connectivity index (χ1v) is 10.8. The zero-order valence-electron chi connectivity index (χ0n) is 17.5. The first-order chi connectivity index (χ1) is 15.0. The largest absolute Gasteiger partial charge is 0.389 e. The quantitative estimate of drug-likeness (QED) is 0.543. The van der Waals surface area contributed by atoms with Crippen molar-refractivity contribution in [2.75, 3.05) is 36.1 Å². The third-order valence-corrected chi connectivity index (χ3v) is 6.31. The zero-order valence-corrected chi connectivity index (χ0v) is 18.3. The van der Waals surface area contributed by atoms with Gasteiger partial charge in [0.2, 0.25) is 0 Å².